The zero-order valence-electron chi connectivity index (χ0n) is 14.0. The minimum Gasteiger partial charge on any atom is -0.481 e. The molecule has 0 aromatic carbocycles. The monoisotopic (exact) mass is 317 g/mol. The molecule has 2 atom stereocenters. The predicted molar refractivity (Wildman–Crippen MR) is 86.6 cm³/mol. The van der Waals surface area contributed by atoms with Crippen LogP contribution in [-0.2, 0) is 11.8 Å². The van der Waals surface area contributed by atoms with Crippen LogP contribution in [0.5, 0.6) is 5.88 Å². The van der Waals surface area contributed by atoms with Crippen LogP contribution in [0, 0.1) is 19.8 Å². The van der Waals surface area contributed by atoms with E-state index >= 15 is 0 Å². The fraction of sp³-hybridized carbons (Fsp3) is 0.562. The maximum absolute atomic E-state index is 5.90. The van der Waals surface area contributed by atoms with Crippen molar-refractivity contribution < 1.29 is 9.47 Å². The van der Waals surface area contributed by atoms with Gasteiger partial charge in [-0.2, -0.15) is 10.1 Å². The summed E-state index contributed by atoms with van der Waals surface area (Å²) in [5, 5.41) is 7.68. The molecule has 3 heterocycles. The molecule has 0 aliphatic carbocycles. The van der Waals surface area contributed by atoms with Gasteiger partial charge in [0.15, 0.2) is 0 Å². The Hall–Kier alpha value is -2.15. The van der Waals surface area contributed by atoms with E-state index in [1.165, 1.54) is 0 Å². The average molecular weight is 317 g/mol. The molecule has 2 aromatic rings. The summed E-state index contributed by atoms with van der Waals surface area (Å²) in [5.41, 5.74) is 2.06. The summed E-state index contributed by atoms with van der Waals surface area (Å²) in [7, 11) is 3.55. The number of aryl methyl sites for hydroxylation is 2. The lowest BCUT2D eigenvalue weighted by Gasteiger charge is -2.19. The van der Waals surface area contributed by atoms with E-state index in [1.54, 1.807) is 7.11 Å². The number of nitrogens with zero attached hydrogens (tertiary/aromatic N) is 4. The number of hydrogen-bond acceptors (Lipinski definition) is 6. The number of rotatable bonds is 5. The van der Waals surface area contributed by atoms with Gasteiger partial charge in [-0.25, -0.2) is 4.98 Å². The third-order valence-electron chi connectivity index (χ3n) is 4.21. The van der Waals surface area contributed by atoms with Gasteiger partial charge in [0.1, 0.15) is 11.6 Å². The van der Waals surface area contributed by atoms with Gasteiger partial charge in [0.2, 0.25) is 5.88 Å². The minimum atomic E-state index is 0.0846. The van der Waals surface area contributed by atoms with Crippen LogP contribution in [0.1, 0.15) is 29.5 Å². The van der Waals surface area contributed by atoms with E-state index in [9.17, 15) is 0 Å². The third kappa shape index (κ3) is 3.29. The fourth-order valence-corrected chi connectivity index (χ4v) is 3.00. The van der Waals surface area contributed by atoms with Crippen LogP contribution in [0.25, 0.3) is 0 Å². The van der Waals surface area contributed by atoms with Crippen LogP contribution >= 0.6 is 0 Å². The predicted octanol–water partition coefficient (Wildman–Crippen LogP) is 2.03. The van der Waals surface area contributed by atoms with E-state index in [2.05, 4.69) is 20.4 Å². The number of nitrogens with one attached hydrogen (secondary N) is 1. The highest BCUT2D eigenvalue weighted by molar-refractivity contribution is 5.48. The first-order valence-electron chi connectivity index (χ1n) is 7.81. The second-order valence-electron chi connectivity index (χ2n) is 5.92. The Morgan fingerprint density at radius 2 is 2.22 bits per heavy atom. The highest BCUT2D eigenvalue weighted by Gasteiger charge is 2.30. The number of ether oxygens (including phenoxy) is 2. The SMILES string of the molecule is COc1nc(C)nc(NC[C@@H]2CCO[C@H]2c2cnn(C)c2)c1C. The lowest BCUT2D eigenvalue weighted by atomic mass is 9.97. The van der Waals surface area contributed by atoms with Crippen LogP contribution in [0.2, 0.25) is 0 Å². The van der Waals surface area contributed by atoms with E-state index in [-0.39, 0.29) is 6.10 Å². The lowest BCUT2D eigenvalue weighted by molar-refractivity contribution is 0.0932. The first-order valence-corrected chi connectivity index (χ1v) is 7.81. The van der Waals surface area contributed by atoms with Gasteiger partial charge in [0.25, 0.3) is 0 Å². The number of hydrogen-bond donors (Lipinski definition) is 1. The highest BCUT2D eigenvalue weighted by atomic mass is 16.5. The molecule has 1 aliphatic rings. The molecule has 124 valence electrons. The van der Waals surface area contributed by atoms with Crippen molar-refractivity contribution in [3.8, 4) is 5.88 Å². The average Bonchev–Trinajstić information content (AvgIpc) is 3.16. The van der Waals surface area contributed by atoms with Crippen molar-refractivity contribution in [1.82, 2.24) is 19.7 Å². The molecule has 0 radical (unpaired) electrons. The zero-order valence-corrected chi connectivity index (χ0v) is 14.0. The number of methoxy groups -OCH3 is 1. The molecular formula is C16H23N5O2. The molecule has 0 bridgehead atoms. The van der Waals surface area contributed by atoms with E-state index in [1.807, 2.05) is 38.0 Å². The Kier molecular flexibility index (Phi) is 4.47. The van der Waals surface area contributed by atoms with Crippen LogP contribution in [0.3, 0.4) is 0 Å². The second kappa shape index (κ2) is 6.54. The molecule has 0 spiro atoms. The van der Waals surface area contributed by atoms with Gasteiger partial charge in [0, 0.05) is 37.9 Å². The van der Waals surface area contributed by atoms with Crippen LogP contribution in [-0.4, -0.2) is 40.0 Å². The summed E-state index contributed by atoms with van der Waals surface area (Å²) in [5.74, 6) is 2.53. The van der Waals surface area contributed by atoms with E-state index in [0.29, 0.717) is 17.6 Å². The maximum atomic E-state index is 5.90. The van der Waals surface area contributed by atoms with Gasteiger partial charge in [-0.3, -0.25) is 4.68 Å². The Labute approximate surface area is 136 Å². The van der Waals surface area contributed by atoms with E-state index < -0.39 is 0 Å². The van der Waals surface area contributed by atoms with Gasteiger partial charge in [-0.15, -0.1) is 0 Å². The first-order chi connectivity index (χ1) is 11.1. The largest absolute Gasteiger partial charge is 0.481 e. The van der Waals surface area contributed by atoms with Crippen LogP contribution < -0.4 is 10.1 Å². The molecule has 7 heteroatoms. The molecule has 0 saturated carbocycles. The lowest BCUT2D eigenvalue weighted by Crippen LogP contribution is -2.19. The molecule has 2 aromatic heterocycles. The van der Waals surface area contributed by atoms with Gasteiger partial charge in [-0.05, 0) is 20.3 Å². The molecule has 23 heavy (non-hydrogen) atoms. The zero-order chi connectivity index (χ0) is 16.4. The summed E-state index contributed by atoms with van der Waals surface area (Å²) in [6.07, 6.45) is 5.01. The summed E-state index contributed by atoms with van der Waals surface area (Å²) in [6.45, 7) is 5.39. The van der Waals surface area contributed by atoms with Crippen molar-refractivity contribution in [2.75, 3.05) is 25.6 Å². The van der Waals surface area contributed by atoms with Crippen LogP contribution in [0.4, 0.5) is 5.82 Å². The first kappa shape index (κ1) is 15.7. The van der Waals surface area contributed by atoms with Gasteiger partial charge >= 0.3 is 0 Å². The molecule has 1 saturated heterocycles. The van der Waals surface area contributed by atoms with Gasteiger partial charge in [-0.1, -0.05) is 0 Å². The molecule has 7 nitrogen and oxygen atoms in total. The maximum Gasteiger partial charge on any atom is 0.221 e. The van der Waals surface area contributed by atoms with Crippen molar-refractivity contribution in [2.24, 2.45) is 13.0 Å². The van der Waals surface area contributed by atoms with Crippen molar-refractivity contribution in [3.05, 3.63) is 29.3 Å². The smallest absolute Gasteiger partial charge is 0.221 e. The van der Waals surface area contributed by atoms with E-state index in [4.69, 9.17) is 9.47 Å². The summed E-state index contributed by atoms with van der Waals surface area (Å²) < 4.78 is 13.0. The molecular weight excluding hydrogens is 294 g/mol. The Morgan fingerprint density at radius 3 is 2.91 bits per heavy atom. The third-order valence-corrected chi connectivity index (χ3v) is 4.21. The van der Waals surface area contributed by atoms with Crippen molar-refractivity contribution in [1.29, 1.82) is 0 Å². The summed E-state index contributed by atoms with van der Waals surface area (Å²) in [4.78, 5) is 8.77. The summed E-state index contributed by atoms with van der Waals surface area (Å²) in [6, 6.07) is 0. The Balaban J connectivity index is 1.71. The topological polar surface area (TPSA) is 74.1 Å². The normalized spacial score (nSPS) is 20.7. The molecule has 1 N–H and O–H groups in total. The molecule has 0 amide bonds. The number of anilines is 1. The molecule has 1 aliphatic heterocycles. The summed E-state index contributed by atoms with van der Waals surface area (Å²) >= 11 is 0. The van der Waals surface area contributed by atoms with E-state index in [0.717, 1.165) is 36.5 Å². The quantitative estimate of drug-likeness (QED) is 0.909. The fourth-order valence-electron chi connectivity index (χ4n) is 3.00. The second-order valence-corrected chi connectivity index (χ2v) is 5.92. The number of aromatic nitrogens is 4. The highest BCUT2D eigenvalue weighted by Crippen LogP contribution is 2.34. The van der Waals surface area contributed by atoms with Gasteiger partial charge in [0.05, 0.1) is 25.0 Å². The van der Waals surface area contributed by atoms with Crippen molar-refractivity contribution >= 4 is 5.82 Å². The Morgan fingerprint density at radius 1 is 1.39 bits per heavy atom. The van der Waals surface area contributed by atoms with Crippen molar-refractivity contribution in [3.63, 3.8) is 0 Å². The molecule has 0 unspecified atom stereocenters. The molecule has 3 rings (SSSR count). The molecule has 1 fully saturated rings. The van der Waals surface area contributed by atoms with Crippen LogP contribution in [0.15, 0.2) is 12.4 Å². The Bertz CT molecular complexity index is 685. The van der Waals surface area contributed by atoms with Crippen molar-refractivity contribution in [2.45, 2.75) is 26.4 Å². The minimum absolute atomic E-state index is 0.0846. The van der Waals surface area contributed by atoms with Gasteiger partial charge < -0.3 is 14.8 Å². The standard InChI is InChI=1S/C16H23N5O2/c1-10-15(19-11(2)20-16(10)22-4)17-7-12-5-6-23-14(12)13-8-18-21(3)9-13/h8-9,12,14H,5-7H2,1-4H3,(H,17,19,20)/t12-,14+/m0/s1.